The van der Waals surface area contributed by atoms with Gasteiger partial charge in [0, 0.05) is 15.9 Å². The van der Waals surface area contributed by atoms with E-state index < -0.39 is 0 Å². The molecule has 2 aromatic rings. The van der Waals surface area contributed by atoms with Crippen molar-refractivity contribution < 1.29 is 0 Å². The molecule has 0 aromatic heterocycles. The number of fused-ring (bicyclic) bond motifs is 1. The Labute approximate surface area is 90.3 Å². The molecule has 14 heavy (non-hydrogen) atoms. The lowest BCUT2D eigenvalue weighted by Crippen LogP contribution is -1.79. The SMILES string of the molecule is Cc1cc([N+]#N)c2ccccc2c1Br. The van der Waals surface area contributed by atoms with Crippen LogP contribution in [0.5, 0.6) is 0 Å². The fourth-order valence-electron chi connectivity index (χ4n) is 1.54. The zero-order valence-corrected chi connectivity index (χ0v) is 9.25. The van der Waals surface area contributed by atoms with Crippen LogP contribution in [0.15, 0.2) is 34.8 Å². The molecule has 0 amide bonds. The Morgan fingerprint density at radius 1 is 1.21 bits per heavy atom. The van der Waals surface area contributed by atoms with Crippen LogP contribution in [-0.4, -0.2) is 0 Å². The summed E-state index contributed by atoms with van der Waals surface area (Å²) in [5.41, 5.74) is 1.68. The van der Waals surface area contributed by atoms with Crippen LogP contribution >= 0.6 is 15.9 Å². The van der Waals surface area contributed by atoms with Crippen LogP contribution in [0.2, 0.25) is 0 Å². The topological polar surface area (TPSA) is 28.1 Å². The maximum Gasteiger partial charge on any atom is 0.393 e. The van der Waals surface area contributed by atoms with Crippen molar-refractivity contribution in [2.75, 3.05) is 0 Å². The number of halogens is 1. The molecule has 0 fully saturated rings. The molecule has 0 aliphatic rings. The van der Waals surface area contributed by atoms with E-state index in [1.54, 1.807) is 0 Å². The molecule has 0 heterocycles. The number of benzene rings is 2. The van der Waals surface area contributed by atoms with Gasteiger partial charge in [-0.2, -0.15) is 0 Å². The summed E-state index contributed by atoms with van der Waals surface area (Å²) >= 11 is 3.52. The minimum atomic E-state index is 0.612. The average molecular weight is 248 g/mol. The van der Waals surface area contributed by atoms with E-state index in [2.05, 4.69) is 20.9 Å². The van der Waals surface area contributed by atoms with Gasteiger partial charge in [-0.05, 0) is 34.5 Å². The van der Waals surface area contributed by atoms with Gasteiger partial charge in [0.2, 0.25) is 5.39 Å². The highest BCUT2D eigenvalue weighted by Crippen LogP contribution is 2.34. The van der Waals surface area contributed by atoms with Crippen molar-refractivity contribution in [2.45, 2.75) is 6.92 Å². The lowest BCUT2D eigenvalue weighted by molar-refractivity contribution is 1.43. The van der Waals surface area contributed by atoms with Crippen LogP contribution in [0.1, 0.15) is 5.56 Å². The van der Waals surface area contributed by atoms with Gasteiger partial charge < -0.3 is 0 Å². The van der Waals surface area contributed by atoms with E-state index in [-0.39, 0.29) is 0 Å². The lowest BCUT2D eigenvalue weighted by atomic mass is 10.1. The van der Waals surface area contributed by atoms with E-state index in [0.29, 0.717) is 5.69 Å². The van der Waals surface area contributed by atoms with Gasteiger partial charge in [0.25, 0.3) is 0 Å². The van der Waals surface area contributed by atoms with Crippen molar-refractivity contribution in [1.29, 1.82) is 5.39 Å². The van der Waals surface area contributed by atoms with Crippen molar-refractivity contribution in [1.82, 2.24) is 0 Å². The number of rotatable bonds is 0. The summed E-state index contributed by atoms with van der Waals surface area (Å²) in [6.07, 6.45) is 0. The largest absolute Gasteiger partial charge is 0.393 e. The molecule has 2 aromatic carbocycles. The highest BCUT2D eigenvalue weighted by molar-refractivity contribution is 9.10. The number of hydrogen-bond acceptors (Lipinski definition) is 1. The minimum absolute atomic E-state index is 0.612. The smallest absolute Gasteiger partial charge is 0.0616 e. The predicted molar refractivity (Wildman–Crippen MR) is 61.1 cm³/mol. The van der Waals surface area contributed by atoms with Crippen molar-refractivity contribution >= 4 is 32.4 Å². The maximum absolute atomic E-state index is 8.86. The summed E-state index contributed by atoms with van der Waals surface area (Å²) in [7, 11) is 0. The van der Waals surface area contributed by atoms with Gasteiger partial charge in [0.05, 0.1) is 5.39 Å². The van der Waals surface area contributed by atoms with Crippen LogP contribution in [0.25, 0.3) is 15.7 Å². The zero-order valence-electron chi connectivity index (χ0n) is 7.66. The summed E-state index contributed by atoms with van der Waals surface area (Å²) in [6, 6.07) is 9.69. The van der Waals surface area contributed by atoms with Crippen LogP contribution in [-0.2, 0) is 0 Å². The normalized spacial score (nSPS) is 10.1. The third-order valence-corrected chi connectivity index (χ3v) is 3.30. The molecule has 2 rings (SSSR count). The van der Waals surface area contributed by atoms with Crippen LogP contribution < -0.4 is 0 Å². The van der Waals surface area contributed by atoms with Gasteiger partial charge in [0.15, 0.2) is 4.98 Å². The zero-order chi connectivity index (χ0) is 10.1. The minimum Gasteiger partial charge on any atom is -0.0616 e. The molecule has 0 bridgehead atoms. The van der Waals surface area contributed by atoms with Gasteiger partial charge in [-0.25, -0.2) is 0 Å². The Hall–Kier alpha value is -1.40. The molecule has 0 saturated heterocycles. The Morgan fingerprint density at radius 3 is 2.50 bits per heavy atom. The molecule has 68 valence electrons. The van der Waals surface area contributed by atoms with E-state index in [4.69, 9.17) is 5.39 Å². The first kappa shape index (κ1) is 9.17. The second kappa shape index (κ2) is 3.39. The van der Waals surface area contributed by atoms with E-state index >= 15 is 0 Å². The van der Waals surface area contributed by atoms with Crippen molar-refractivity contribution in [3.8, 4) is 0 Å². The van der Waals surface area contributed by atoms with Crippen LogP contribution in [0.3, 0.4) is 0 Å². The number of nitrogens with zero attached hydrogens (tertiary/aromatic N) is 2. The molecule has 0 unspecified atom stereocenters. The van der Waals surface area contributed by atoms with Crippen LogP contribution in [0, 0.1) is 12.3 Å². The fraction of sp³-hybridized carbons (Fsp3) is 0.0909. The lowest BCUT2D eigenvalue weighted by Gasteiger charge is -2.00. The third-order valence-electron chi connectivity index (χ3n) is 2.25. The fourth-order valence-corrected chi connectivity index (χ4v) is 2.00. The first-order valence-electron chi connectivity index (χ1n) is 4.27. The van der Waals surface area contributed by atoms with Gasteiger partial charge in [-0.3, -0.25) is 0 Å². The monoisotopic (exact) mass is 247 g/mol. The summed E-state index contributed by atoms with van der Waals surface area (Å²) in [4.78, 5) is 3.28. The quantitative estimate of drug-likeness (QED) is 0.635. The molecular formula is C11H8BrN2+. The Kier molecular flexibility index (Phi) is 2.22. The Balaban J connectivity index is 2.99. The first-order valence-corrected chi connectivity index (χ1v) is 5.06. The van der Waals surface area contributed by atoms with Crippen molar-refractivity contribution in [2.24, 2.45) is 0 Å². The molecule has 2 nitrogen and oxygen atoms in total. The number of hydrogen-bond donors (Lipinski definition) is 0. The number of diazo groups is 1. The average Bonchev–Trinajstić information content (AvgIpc) is 2.23. The Bertz CT molecular complexity index is 541. The van der Waals surface area contributed by atoms with E-state index in [0.717, 1.165) is 20.8 Å². The Morgan fingerprint density at radius 2 is 1.86 bits per heavy atom. The van der Waals surface area contributed by atoms with Crippen molar-refractivity contribution in [3.05, 3.63) is 45.3 Å². The molecule has 0 N–H and O–H groups in total. The van der Waals surface area contributed by atoms with E-state index in [9.17, 15) is 0 Å². The van der Waals surface area contributed by atoms with Gasteiger partial charge in [-0.15, -0.1) is 0 Å². The van der Waals surface area contributed by atoms with Gasteiger partial charge in [0.1, 0.15) is 0 Å². The highest BCUT2D eigenvalue weighted by atomic mass is 79.9. The van der Waals surface area contributed by atoms with Gasteiger partial charge >= 0.3 is 5.69 Å². The molecule has 0 saturated carbocycles. The summed E-state index contributed by atoms with van der Waals surface area (Å²) in [5, 5.41) is 10.9. The molecule has 3 heteroatoms. The molecule has 0 atom stereocenters. The second-order valence-corrected chi connectivity index (χ2v) is 3.97. The van der Waals surface area contributed by atoms with Crippen molar-refractivity contribution in [3.63, 3.8) is 0 Å². The molecule has 0 aliphatic heterocycles. The van der Waals surface area contributed by atoms with Gasteiger partial charge in [-0.1, -0.05) is 18.2 Å². The maximum atomic E-state index is 8.86. The summed E-state index contributed by atoms with van der Waals surface area (Å²) in [5.74, 6) is 0. The third kappa shape index (κ3) is 1.28. The predicted octanol–water partition coefficient (Wildman–Crippen LogP) is 4.40. The van der Waals surface area contributed by atoms with E-state index in [1.165, 1.54) is 0 Å². The molecule has 0 spiro atoms. The first-order chi connectivity index (χ1) is 6.74. The summed E-state index contributed by atoms with van der Waals surface area (Å²) in [6.45, 7) is 1.98. The second-order valence-electron chi connectivity index (χ2n) is 3.17. The van der Waals surface area contributed by atoms with Crippen LogP contribution in [0.4, 0.5) is 5.69 Å². The molecule has 0 radical (unpaired) electrons. The number of aryl methyl sites for hydroxylation is 1. The summed E-state index contributed by atoms with van der Waals surface area (Å²) < 4.78 is 1.06. The highest BCUT2D eigenvalue weighted by Gasteiger charge is 2.14. The van der Waals surface area contributed by atoms with E-state index in [1.807, 2.05) is 37.3 Å². The standard InChI is InChI=1S/C11H8BrN2/c1-7-6-10(14-13)8-4-2-3-5-9(8)11(7)12/h2-6H,1H3/q+1. The molecule has 0 aliphatic carbocycles. The molecular weight excluding hydrogens is 240 g/mol.